The van der Waals surface area contributed by atoms with Crippen molar-refractivity contribution in [3.05, 3.63) is 64.5 Å². The van der Waals surface area contributed by atoms with E-state index in [1.807, 2.05) is 0 Å². The molecule has 0 spiro atoms. The highest BCUT2D eigenvalue weighted by Gasteiger charge is 2.35. The van der Waals surface area contributed by atoms with Crippen molar-refractivity contribution >= 4 is 28.4 Å². The number of nitro benzene ring substituents is 1. The number of nitro groups is 1. The van der Waals surface area contributed by atoms with Gasteiger partial charge in [0.25, 0.3) is 0 Å². The molecule has 2 aromatic carbocycles. The molecule has 0 saturated carbocycles. The summed E-state index contributed by atoms with van der Waals surface area (Å²) in [5.41, 5.74) is 0.0243. The van der Waals surface area contributed by atoms with Crippen molar-refractivity contribution in [3.8, 4) is 5.75 Å². The molecule has 3 aromatic rings. The van der Waals surface area contributed by atoms with Gasteiger partial charge in [-0.05, 0) is 12.1 Å². The van der Waals surface area contributed by atoms with Gasteiger partial charge in [-0.1, -0.05) is 30.3 Å². The predicted molar refractivity (Wildman–Crippen MR) is 93.9 cm³/mol. The second-order valence-corrected chi connectivity index (χ2v) is 6.37. The van der Waals surface area contributed by atoms with E-state index < -0.39 is 16.9 Å². The van der Waals surface area contributed by atoms with Crippen molar-refractivity contribution in [1.82, 2.24) is 9.97 Å². The van der Waals surface area contributed by atoms with E-state index in [4.69, 9.17) is 4.74 Å². The first-order valence-corrected chi connectivity index (χ1v) is 8.68. The van der Waals surface area contributed by atoms with E-state index in [2.05, 4.69) is 9.97 Å². The number of hydrogen-bond acceptors (Lipinski definition) is 6. The van der Waals surface area contributed by atoms with E-state index in [0.717, 1.165) is 11.8 Å². The van der Waals surface area contributed by atoms with Crippen molar-refractivity contribution < 1.29 is 22.8 Å². The summed E-state index contributed by atoms with van der Waals surface area (Å²) in [6.07, 6.45) is -4.65. The molecule has 0 aliphatic rings. The molecule has 0 aliphatic carbocycles. The number of para-hydroxylation sites is 3. The average Bonchev–Trinajstić information content (AvgIpc) is 2.64. The van der Waals surface area contributed by atoms with Gasteiger partial charge in [0.1, 0.15) is 5.03 Å². The summed E-state index contributed by atoms with van der Waals surface area (Å²) in [7, 11) is 0. The molecular weight excluding hydrogens is 383 g/mol. The molecule has 6 nitrogen and oxygen atoms in total. The highest BCUT2D eigenvalue weighted by Crippen LogP contribution is 2.32. The molecule has 1 heterocycles. The van der Waals surface area contributed by atoms with E-state index in [1.54, 1.807) is 24.3 Å². The zero-order chi connectivity index (χ0) is 19.4. The largest absolute Gasteiger partial charge is 0.486 e. The van der Waals surface area contributed by atoms with Crippen LogP contribution in [-0.2, 0) is 6.18 Å². The third-order valence-electron chi connectivity index (χ3n) is 3.46. The minimum absolute atomic E-state index is 0.0647. The molecule has 0 saturated heterocycles. The van der Waals surface area contributed by atoms with E-state index in [1.165, 1.54) is 24.3 Å². The number of benzene rings is 2. The number of nitrogens with zero attached hydrogens (tertiary/aromatic N) is 3. The third-order valence-corrected chi connectivity index (χ3v) is 4.42. The third kappa shape index (κ3) is 4.45. The maximum absolute atomic E-state index is 13.0. The Kier molecular flexibility index (Phi) is 5.45. The van der Waals surface area contributed by atoms with Crippen LogP contribution in [0.2, 0.25) is 0 Å². The van der Waals surface area contributed by atoms with Gasteiger partial charge in [-0.3, -0.25) is 10.1 Å². The minimum atomic E-state index is -4.65. The van der Waals surface area contributed by atoms with Gasteiger partial charge >= 0.3 is 11.9 Å². The Bertz CT molecular complexity index is 982. The van der Waals surface area contributed by atoms with Crippen molar-refractivity contribution in [2.45, 2.75) is 11.2 Å². The summed E-state index contributed by atoms with van der Waals surface area (Å²) in [6, 6.07) is 12.3. The molecule has 0 N–H and O–H groups in total. The summed E-state index contributed by atoms with van der Waals surface area (Å²) < 4.78 is 44.4. The first-order chi connectivity index (χ1) is 12.9. The highest BCUT2D eigenvalue weighted by atomic mass is 32.2. The highest BCUT2D eigenvalue weighted by molar-refractivity contribution is 7.99. The summed E-state index contributed by atoms with van der Waals surface area (Å²) >= 11 is 1.07. The van der Waals surface area contributed by atoms with E-state index in [9.17, 15) is 23.3 Å². The van der Waals surface area contributed by atoms with Gasteiger partial charge in [-0.15, -0.1) is 11.8 Å². The Labute approximate surface area is 155 Å². The SMILES string of the molecule is O=[N+]([O-])c1ccccc1OCCSc1nc(C(F)(F)F)nc2ccccc12. The summed E-state index contributed by atoms with van der Waals surface area (Å²) in [4.78, 5) is 17.6. The van der Waals surface area contributed by atoms with Crippen LogP contribution in [0, 0.1) is 10.1 Å². The van der Waals surface area contributed by atoms with Crippen LogP contribution in [0.1, 0.15) is 5.82 Å². The molecule has 0 atom stereocenters. The number of thioether (sulfide) groups is 1. The fourth-order valence-electron chi connectivity index (χ4n) is 2.30. The monoisotopic (exact) mass is 395 g/mol. The number of ether oxygens (including phenoxy) is 1. The lowest BCUT2D eigenvalue weighted by Gasteiger charge is -2.10. The van der Waals surface area contributed by atoms with E-state index in [-0.39, 0.29) is 34.3 Å². The first-order valence-electron chi connectivity index (χ1n) is 7.69. The summed E-state index contributed by atoms with van der Waals surface area (Å²) in [5.74, 6) is -0.848. The van der Waals surface area contributed by atoms with Crippen molar-refractivity contribution in [1.29, 1.82) is 0 Å². The normalized spacial score (nSPS) is 11.5. The Morgan fingerprint density at radius 2 is 1.78 bits per heavy atom. The van der Waals surface area contributed by atoms with Gasteiger partial charge in [0, 0.05) is 17.2 Å². The fourth-order valence-corrected chi connectivity index (χ4v) is 3.14. The van der Waals surface area contributed by atoms with Gasteiger partial charge < -0.3 is 4.74 Å². The lowest BCUT2D eigenvalue weighted by molar-refractivity contribution is -0.385. The smallest absolute Gasteiger partial charge is 0.451 e. The Hall–Kier alpha value is -2.88. The maximum atomic E-state index is 13.0. The Morgan fingerprint density at radius 1 is 1.07 bits per heavy atom. The molecule has 3 rings (SSSR count). The van der Waals surface area contributed by atoms with Gasteiger partial charge in [-0.2, -0.15) is 13.2 Å². The van der Waals surface area contributed by atoms with Gasteiger partial charge in [0.15, 0.2) is 5.75 Å². The summed E-state index contributed by atoms with van der Waals surface area (Å²) in [6.45, 7) is 0.0647. The number of aromatic nitrogens is 2. The van der Waals surface area contributed by atoms with Crippen LogP contribution in [0.25, 0.3) is 10.9 Å². The first kappa shape index (κ1) is 18.9. The van der Waals surface area contributed by atoms with E-state index >= 15 is 0 Å². The Morgan fingerprint density at radius 3 is 2.52 bits per heavy atom. The molecule has 140 valence electrons. The van der Waals surface area contributed by atoms with Gasteiger partial charge in [0.05, 0.1) is 17.0 Å². The minimum Gasteiger partial charge on any atom is -0.486 e. The second-order valence-electron chi connectivity index (χ2n) is 5.29. The number of rotatable bonds is 6. The molecule has 27 heavy (non-hydrogen) atoms. The van der Waals surface area contributed by atoms with Crippen molar-refractivity contribution in [3.63, 3.8) is 0 Å². The van der Waals surface area contributed by atoms with Crippen LogP contribution in [0.3, 0.4) is 0 Å². The fraction of sp³-hybridized carbons (Fsp3) is 0.176. The standard InChI is InChI=1S/C17H12F3N3O3S/c18-17(19,20)16-21-12-6-2-1-5-11(12)15(22-16)27-10-9-26-14-8-4-3-7-13(14)23(24)25/h1-8H,9-10H2. The van der Waals surface area contributed by atoms with Crippen LogP contribution < -0.4 is 4.74 Å². The van der Waals surface area contributed by atoms with Gasteiger partial charge in [0.2, 0.25) is 5.82 Å². The Balaban J connectivity index is 1.75. The van der Waals surface area contributed by atoms with Crippen LogP contribution in [0.4, 0.5) is 18.9 Å². The van der Waals surface area contributed by atoms with Crippen molar-refractivity contribution in [2.24, 2.45) is 0 Å². The molecule has 10 heteroatoms. The predicted octanol–water partition coefficient (Wildman–Crippen LogP) is 4.73. The zero-order valence-corrected chi connectivity index (χ0v) is 14.5. The van der Waals surface area contributed by atoms with Crippen LogP contribution >= 0.6 is 11.8 Å². The molecule has 0 radical (unpaired) electrons. The van der Waals surface area contributed by atoms with Crippen LogP contribution in [-0.4, -0.2) is 27.3 Å². The lowest BCUT2D eigenvalue weighted by atomic mass is 10.2. The maximum Gasteiger partial charge on any atom is 0.451 e. The molecular formula is C17H12F3N3O3S. The molecule has 0 bridgehead atoms. The van der Waals surface area contributed by atoms with E-state index in [0.29, 0.717) is 5.39 Å². The second kappa shape index (κ2) is 7.78. The zero-order valence-electron chi connectivity index (χ0n) is 13.6. The number of hydrogen-bond donors (Lipinski definition) is 0. The molecule has 0 aliphatic heterocycles. The van der Waals surface area contributed by atoms with Crippen molar-refractivity contribution in [2.75, 3.05) is 12.4 Å². The molecule has 0 fully saturated rings. The summed E-state index contributed by atoms with van der Waals surface area (Å²) in [5, 5.41) is 11.6. The quantitative estimate of drug-likeness (QED) is 0.197. The average molecular weight is 395 g/mol. The lowest BCUT2D eigenvalue weighted by Crippen LogP contribution is -2.12. The molecule has 0 amide bonds. The molecule has 0 unspecified atom stereocenters. The number of fused-ring (bicyclic) bond motifs is 1. The number of alkyl halides is 3. The number of halogens is 3. The van der Waals surface area contributed by atoms with Crippen LogP contribution in [0.15, 0.2) is 53.6 Å². The molecule has 1 aromatic heterocycles. The topological polar surface area (TPSA) is 78.2 Å². The van der Waals surface area contributed by atoms with Gasteiger partial charge in [-0.25, -0.2) is 9.97 Å². The van der Waals surface area contributed by atoms with Crippen LogP contribution in [0.5, 0.6) is 5.75 Å².